The van der Waals surface area contributed by atoms with E-state index in [-0.39, 0.29) is 5.75 Å². The number of oxazole rings is 1. The third kappa shape index (κ3) is 2.30. The molecule has 0 aliphatic rings. The van der Waals surface area contributed by atoms with Crippen LogP contribution in [-0.2, 0) is 0 Å². The minimum atomic E-state index is 0.232. The molecule has 0 radical (unpaired) electrons. The topological polar surface area (TPSA) is 46.3 Å². The Labute approximate surface area is 147 Å². The molecular formula is C21H13NO2S. The standard InChI is InChI=1S/C21H13NO2S/c23-19-15-8-4-5-9-18(15)25-20(19)21-22-16-12-14(10-11-17(16)24-21)13-6-2-1-3-7-13/h1-12,23H. The van der Waals surface area contributed by atoms with Crippen molar-refractivity contribution in [1.29, 1.82) is 0 Å². The van der Waals surface area contributed by atoms with E-state index in [4.69, 9.17) is 4.42 Å². The Balaban J connectivity index is 1.66. The predicted octanol–water partition coefficient (Wildman–Crippen LogP) is 6.08. The maximum Gasteiger partial charge on any atom is 0.241 e. The fraction of sp³-hybridized carbons (Fsp3) is 0. The second-order valence-electron chi connectivity index (χ2n) is 5.84. The summed E-state index contributed by atoms with van der Waals surface area (Å²) in [5.74, 6) is 0.689. The molecule has 5 rings (SSSR count). The fourth-order valence-electron chi connectivity index (χ4n) is 3.01. The zero-order chi connectivity index (χ0) is 16.8. The summed E-state index contributed by atoms with van der Waals surface area (Å²) in [7, 11) is 0. The zero-order valence-corrected chi connectivity index (χ0v) is 14.0. The molecule has 5 aromatic rings. The smallest absolute Gasteiger partial charge is 0.241 e. The van der Waals surface area contributed by atoms with Crippen molar-refractivity contribution in [2.45, 2.75) is 0 Å². The molecule has 25 heavy (non-hydrogen) atoms. The van der Waals surface area contributed by atoms with Crippen LogP contribution in [0.4, 0.5) is 0 Å². The molecule has 3 aromatic carbocycles. The van der Waals surface area contributed by atoms with Crippen molar-refractivity contribution < 1.29 is 9.52 Å². The van der Waals surface area contributed by atoms with Crippen LogP contribution in [0, 0.1) is 0 Å². The summed E-state index contributed by atoms with van der Waals surface area (Å²) in [6.07, 6.45) is 0. The number of rotatable bonds is 2. The normalized spacial score (nSPS) is 11.4. The molecule has 0 amide bonds. The molecule has 0 fully saturated rings. The summed E-state index contributed by atoms with van der Waals surface area (Å²) in [5.41, 5.74) is 3.73. The largest absolute Gasteiger partial charge is 0.506 e. The molecule has 3 nitrogen and oxygen atoms in total. The van der Waals surface area contributed by atoms with Crippen LogP contribution in [0.1, 0.15) is 0 Å². The van der Waals surface area contributed by atoms with Crippen molar-refractivity contribution in [2.75, 3.05) is 0 Å². The van der Waals surface area contributed by atoms with Crippen LogP contribution < -0.4 is 0 Å². The summed E-state index contributed by atoms with van der Waals surface area (Å²) < 4.78 is 6.91. The first kappa shape index (κ1) is 14.3. The van der Waals surface area contributed by atoms with Gasteiger partial charge in [0.1, 0.15) is 16.1 Å². The Bertz CT molecular complexity index is 1200. The van der Waals surface area contributed by atoms with Gasteiger partial charge in [0.15, 0.2) is 5.58 Å². The third-order valence-corrected chi connectivity index (χ3v) is 5.41. The Morgan fingerprint density at radius 3 is 2.48 bits per heavy atom. The third-order valence-electron chi connectivity index (χ3n) is 4.26. The first-order valence-electron chi connectivity index (χ1n) is 7.96. The molecule has 2 heterocycles. The number of thiophene rings is 1. The lowest BCUT2D eigenvalue weighted by molar-refractivity contribution is 0.482. The van der Waals surface area contributed by atoms with Gasteiger partial charge in [-0.05, 0) is 35.4 Å². The van der Waals surface area contributed by atoms with E-state index >= 15 is 0 Å². The van der Waals surface area contributed by atoms with Crippen molar-refractivity contribution in [3.8, 4) is 27.6 Å². The van der Waals surface area contributed by atoms with E-state index in [0.717, 1.165) is 26.7 Å². The lowest BCUT2D eigenvalue weighted by atomic mass is 10.1. The Morgan fingerprint density at radius 1 is 0.840 bits per heavy atom. The Morgan fingerprint density at radius 2 is 1.64 bits per heavy atom. The Hall–Kier alpha value is -3.11. The first-order valence-corrected chi connectivity index (χ1v) is 8.78. The van der Waals surface area contributed by atoms with Gasteiger partial charge in [-0.2, -0.15) is 0 Å². The molecule has 0 saturated heterocycles. The first-order chi connectivity index (χ1) is 12.3. The second kappa shape index (κ2) is 5.46. The molecule has 1 N–H and O–H groups in total. The quantitative estimate of drug-likeness (QED) is 0.422. The van der Waals surface area contributed by atoms with Gasteiger partial charge >= 0.3 is 0 Å². The molecule has 120 valence electrons. The van der Waals surface area contributed by atoms with Gasteiger partial charge in [-0.15, -0.1) is 11.3 Å². The van der Waals surface area contributed by atoms with Gasteiger partial charge in [0.25, 0.3) is 0 Å². The van der Waals surface area contributed by atoms with E-state index in [2.05, 4.69) is 17.1 Å². The van der Waals surface area contributed by atoms with Crippen LogP contribution in [0.15, 0.2) is 77.2 Å². The van der Waals surface area contributed by atoms with Crippen LogP contribution in [0.25, 0.3) is 43.1 Å². The summed E-state index contributed by atoms with van der Waals surface area (Å²) in [6.45, 7) is 0. The molecule has 0 aliphatic heterocycles. The predicted molar refractivity (Wildman–Crippen MR) is 102 cm³/mol. The molecule has 0 bridgehead atoms. The van der Waals surface area contributed by atoms with Crippen LogP contribution in [0.3, 0.4) is 0 Å². The van der Waals surface area contributed by atoms with Crippen molar-refractivity contribution in [3.63, 3.8) is 0 Å². The van der Waals surface area contributed by atoms with E-state index in [9.17, 15) is 5.11 Å². The van der Waals surface area contributed by atoms with Crippen LogP contribution in [0.2, 0.25) is 0 Å². The minimum Gasteiger partial charge on any atom is -0.506 e. The highest BCUT2D eigenvalue weighted by Gasteiger charge is 2.18. The molecule has 0 atom stereocenters. The molecule has 2 aromatic heterocycles. The molecule has 4 heteroatoms. The molecule has 0 unspecified atom stereocenters. The lowest BCUT2D eigenvalue weighted by Crippen LogP contribution is -1.77. The summed E-state index contributed by atoms with van der Waals surface area (Å²) >= 11 is 1.49. The number of nitrogens with zero attached hydrogens (tertiary/aromatic N) is 1. The monoisotopic (exact) mass is 343 g/mol. The molecule has 0 spiro atoms. The molecule has 0 saturated carbocycles. The van der Waals surface area contributed by atoms with Gasteiger partial charge in [-0.3, -0.25) is 0 Å². The average Bonchev–Trinajstić information content (AvgIpc) is 3.23. The van der Waals surface area contributed by atoms with Gasteiger partial charge in [0, 0.05) is 10.1 Å². The number of benzene rings is 3. The maximum atomic E-state index is 10.5. The van der Waals surface area contributed by atoms with E-state index in [1.165, 1.54) is 11.3 Å². The fourth-order valence-corrected chi connectivity index (χ4v) is 4.03. The number of aromatic nitrogens is 1. The molecule has 0 aliphatic carbocycles. The number of hydrogen-bond donors (Lipinski definition) is 1. The molecular weight excluding hydrogens is 330 g/mol. The van der Waals surface area contributed by atoms with Crippen LogP contribution in [0.5, 0.6) is 5.75 Å². The van der Waals surface area contributed by atoms with E-state index in [1.54, 1.807) is 0 Å². The van der Waals surface area contributed by atoms with Gasteiger partial charge in [0.05, 0.1) is 0 Å². The van der Waals surface area contributed by atoms with Gasteiger partial charge in [-0.25, -0.2) is 4.98 Å². The Kier molecular flexibility index (Phi) is 3.11. The van der Waals surface area contributed by atoms with Crippen molar-refractivity contribution in [1.82, 2.24) is 4.98 Å². The maximum absolute atomic E-state index is 10.5. The second-order valence-corrected chi connectivity index (χ2v) is 6.90. The van der Waals surface area contributed by atoms with Crippen molar-refractivity contribution in [2.24, 2.45) is 0 Å². The summed E-state index contributed by atoms with van der Waals surface area (Å²) in [6, 6.07) is 23.9. The number of hydrogen-bond acceptors (Lipinski definition) is 4. The van der Waals surface area contributed by atoms with Gasteiger partial charge in [-0.1, -0.05) is 48.5 Å². The number of fused-ring (bicyclic) bond motifs is 2. The highest BCUT2D eigenvalue weighted by molar-refractivity contribution is 7.22. The van der Waals surface area contributed by atoms with Gasteiger partial charge in [0.2, 0.25) is 5.89 Å². The van der Waals surface area contributed by atoms with Crippen LogP contribution >= 0.6 is 11.3 Å². The van der Waals surface area contributed by atoms with E-state index < -0.39 is 0 Å². The summed E-state index contributed by atoms with van der Waals surface area (Å²) in [4.78, 5) is 5.27. The highest BCUT2D eigenvalue weighted by Crippen LogP contribution is 2.43. The summed E-state index contributed by atoms with van der Waals surface area (Å²) in [5, 5.41) is 11.3. The lowest BCUT2D eigenvalue weighted by Gasteiger charge is -1.99. The SMILES string of the molecule is Oc1c(-c2nc3cc(-c4ccccc4)ccc3o2)sc2ccccc12. The number of aromatic hydroxyl groups is 1. The minimum absolute atomic E-state index is 0.232. The van der Waals surface area contributed by atoms with Crippen molar-refractivity contribution >= 4 is 32.5 Å². The van der Waals surface area contributed by atoms with Gasteiger partial charge < -0.3 is 9.52 Å². The highest BCUT2D eigenvalue weighted by atomic mass is 32.1. The van der Waals surface area contributed by atoms with E-state index in [1.807, 2.05) is 60.7 Å². The van der Waals surface area contributed by atoms with E-state index in [0.29, 0.717) is 16.4 Å². The zero-order valence-electron chi connectivity index (χ0n) is 13.1. The van der Waals surface area contributed by atoms with Crippen LogP contribution in [-0.4, -0.2) is 10.1 Å². The average molecular weight is 343 g/mol. The van der Waals surface area contributed by atoms with Crippen molar-refractivity contribution in [3.05, 3.63) is 72.8 Å².